The average Bonchev–Trinajstić information content (AvgIpc) is 2.66. The highest BCUT2D eigenvalue weighted by Crippen LogP contribution is 2.48. The fraction of sp³-hybridized carbons (Fsp3) is 0.522. The van der Waals surface area contributed by atoms with E-state index < -0.39 is 17.7 Å². The number of rotatable bonds is 2. The first-order valence-electron chi connectivity index (χ1n) is 10.2. The summed E-state index contributed by atoms with van der Waals surface area (Å²) < 4.78 is 20.3. The minimum absolute atomic E-state index is 0.0273. The SMILES string of the molecule is CC1=NC2=C(C(=O)CC(C)(C)C2)[C@@H](c2ccccc2F)C1C(=O)N1CCOCC1. The van der Waals surface area contributed by atoms with E-state index in [-0.39, 0.29) is 17.1 Å². The number of amides is 1. The van der Waals surface area contributed by atoms with Crippen molar-refractivity contribution in [2.45, 2.75) is 39.5 Å². The van der Waals surface area contributed by atoms with E-state index in [0.717, 1.165) is 0 Å². The van der Waals surface area contributed by atoms with E-state index in [4.69, 9.17) is 9.73 Å². The van der Waals surface area contributed by atoms with Crippen molar-refractivity contribution >= 4 is 17.4 Å². The third-order valence-corrected chi connectivity index (χ3v) is 6.13. The summed E-state index contributed by atoms with van der Waals surface area (Å²) in [5, 5.41) is 0. The molecule has 2 atom stereocenters. The normalized spacial score (nSPS) is 26.8. The second-order valence-corrected chi connectivity index (χ2v) is 8.97. The molecule has 154 valence electrons. The Balaban J connectivity index is 1.84. The van der Waals surface area contributed by atoms with Gasteiger partial charge in [0, 0.05) is 42.4 Å². The maximum Gasteiger partial charge on any atom is 0.232 e. The van der Waals surface area contributed by atoms with Gasteiger partial charge in [0.2, 0.25) is 5.91 Å². The molecule has 29 heavy (non-hydrogen) atoms. The quantitative estimate of drug-likeness (QED) is 0.766. The summed E-state index contributed by atoms with van der Waals surface area (Å²) in [5.41, 5.74) is 2.09. The van der Waals surface area contributed by atoms with Crippen molar-refractivity contribution < 1.29 is 18.7 Å². The van der Waals surface area contributed by atoms with Gasteiger partial charge in [-0.25, -0.2) is 4.39 Å². The van der Waals surface area contributed by atoms with Crippen LogP contribution in [-0.2, 0) is 14.3 Å². The van der Waals surface area contributed by atoms with Crippen LogP contribution in [0.4, 0.5) is 4.39 Å². The van der Waals surface area contributed by atoms with Gasteiger partial charge >= 0.3 is 0 Å². The lowest BCUT2D eigenvalue weighted by Gasteiger charge is -2.41. The van der Waals surface area contributed by atoms with E-state index in [2.05, 4.69) is 0 Å². The third kappa shape index (κ3) is 3.66. The van der Waals surface area contributed by atoms with E-state index >= 15 is 0 Å². The molecule has 2 aliphatic heterocycles. The van der Waals surface area contributed by atoms with Crippen molar-refractivity contribution in [1.82, 2.24) is 4.90 Å². The second-order valence-electron chi connectivity index (χ2n) is 8.97. The Hall–Kier alpha value is -2.34. The summed E-state index contributed by atoms with van der Waals surface area (Å²) in [7, 11) is 0. The van der Waals surface area contributed by atoms with Crippen LogP contribution >= 0.6 is 0 Å². The number of allylic oxidation sites excluding steroid dienone is 2. The lowest BCUT2D eigenvalue weighted by atomic mass is 9.66. The van der Waals surface area contributed by atoms with Gasteiger partial charge < -0.3 is 9.64 Å². The molecule has 0 spiro atoms. The number of ketones is 1. The first kappa shape index (κ1) is 20.0. The van der Waals surface area contributed by atoms with Crippen molar-refractivity contribution in [2.24, 2.45) is 16.3 Å². The molecule has 5 nitrogen and oxygen atoms in total. The van der Waals surface area contributed by atoms with Gasteiger partial charge in [-0.3, -0.25) is 14.6 Å². The first-order valence-corrected chi connectivity index (χ1v) is 10.2. The van der Waals surface area contributed by atoms with E-state index in [1.807, 2.05) is 20.8 Å². The van der Waals surface area contributed by atoms with Gasteiger partial charge in [0.1, 0.15) is 5.82 Å². The number of morpholine rings is 1. The van der Waals surface area contributed by atoms with Gasteiger partial charge in [0.15, 0.2) is 5.78 Å². The van der Waals surface area contributed by atoms with Gasteiger partial charge in [-0.2, -0.15) is 0 Å². The minimum atomic E-state index is -0.672. The summed E-state index contributed by atoms with van der Waals surface area (Å²) in [4.78, 5) is 33.2. The third-order valence-electron chi connectivity index (χ3n) is 6.13. The predicted molar refractivity (Wildman–Crippen MR) is 108 cm³/mol. The molecule has 4 rings (SSSR count). The number of carbonyl (C=O) groups is 2. The highest BCUT2D eigenvalue weighted by atomic mass is 19.1. The average molecular weight is 398 g/mol. The van der Waals surface area contributed by atoms with Crippen LogP contribution in [0.5, 0.6) is 0 Å². The summed E-state index contributed by atoms with van der Waals surface area (Å²) in [6, 6.07) is 6.47. The summed E-state index contributed by atoms with van der Waals surface area (Å²) in [5.74, 6) is -1.83. The van der Waals surface area contributed by atoms with Crippen LogP contribution in [0, 0.1) is 17.2 Å². The van der Waals surface area contributed by atoms with Gasteiger partial charge in [-0.15, -0.1) is 0 Å². The lowest BCUT2D eigenvalue weighted by molar-refractivity contribution is -0.138. The maximum atomic E-state index is 14.9. The molecule has 0 bridgehead atoms. The number of carbonyl (C=O) groups excluding carboxylic acids is 2. The number of ether oxygens (including phenoxy) is 1. The minimum Gasteiger partial charge on any atom is -0.378 e. The smallest absolute Gasteiger partial charge is 0.232 e. The number of hydrogen-bond acceptors (Lipinski definition) is 4. The summed E-state index contributed by atoms with van der Waals surface area (Å²) >= 11 is 0. The Labute approximate surface area is 170 Å². The number of aliphatic imine (C=N–C) groups is 1. The molecule has 1 amide bonds. The summed E-state index contributed by atoms with van der Waals surface area (Å²) in [6.45, 7) is 7.89. The molecule has 1 unspecified atom stereocenters. The Bertz CT molecular complexity index is 912. The molecular weight excluding hydrogens is 371 g/mol. The Morgan fingerprint density at radius 2 is 1.90 bits per heavy atom. The molecule has 0 aromatic heterocycles. The van der Waals surface area contributed by atoms with Crippen LogP contribution in [0.25, 0.3) is 0 Å². The number of nitrogens with zero attached hydrogens (tertiary/aromatic N) is 2. The highest BCUT2D eigenvalue weighted by Gasteiger charge is 2.47. The van der Waals surface area contributed by atoms with Crippen LogP contribution in [0.1, 0.15) is 45.1 Å². The lowest BCUT2D eigenvalue weighted by Crippen LogP contribution is -2.49. The van der Waals surface area contributed by atoms with Crippen LogP contribution in [-0.4, -0.2) is 48.6 Å². The van der Waals surface area contributed by atoms with Crippen LogP contribution in [0.3, 0.4) is 0 Å². The Kier molecular flexibility index (Phi) is 5.15. The molecular formula is C23H27FN2O3. The van der Waals surface area contributed by atoms with Crippen molar-refractivity contribution in [3.8, 4) is 0 Å². The van der Waals surface area contributed by atoms with Gasteiger partial charge in [0.25, 0.3) is 0 Å². The standard InChI is InChI=1S/C23H27FN2O3/c1-14-19(22(28)26-8-10-29-11-9-26)20(15-6-4-5-7-16(15)24)21-17(25-14)12-23(2,3)13-18(21)27/h4-7,19-20H,8-13H2,1-3H3/t19?,20-/m0/s1. The molecule has 1 aliphatic carbocycles. The van der Waals surface area contributed by atoms with Crippen LogP contribution in [0.15, 0.2) is 40.5 Å². The van der Waals surface area contributed by atoms with Crippen LogP contribution < -0.4 is 0 Å². The molecule has 1 aromatic carbocycles. The first-order chi connectivity index (χ1) is 13.8. The molecule has 1 aromatic rings. The Morgan fingerprint density at radius 3 is 2.59 bits per heavy atom. The molecule has 0 saturated carbocycles. The fourth-order valence-electron chi connectivity index (χ4n) is 4.81. The van der Waals surface area contributed by atoms with Gasteiger partial charge in [0.05, 0.1) is 19.1 Å². The van der Waals surface area contributed by atoms with E-state index in [1.54, 1.807) is 23.1 Å². The zero-order valence-corrected chi connectivity index (χ0v) is 17.2. The number of benzene rings is 1. The molecule has 1 fully saturated rings. The van der Waals surface area contributed by atoms with Crippen LogP contribution in [0.2, 0.25) is 0 Å². The predicted octanol–water partition coefficient (Wildman–Crippen LogP) is 3.50. The van der Waals surface area contributed by atoms with E-state index in [9.17, 15) is 14.0 Å². The van der Waals surface area contributed by atoms with E-state index in [1.165, 1.54) is 6.07 Å². The Morgan fingerprint density at radius 1 is 1.21 bits per heavy atom. The van der Waals surface area contributed by atoms with Crippen molar-refractivity contribution in [3.05, 3.63) is 46.9 Å². The van der Waals surface area contributed by atoms with Crippen molar-refractivity contribution in [2.75, 3.05) is 26.3 Å². The number of hydrogen-bond donors (Lipinski definition) is 0. The number of Topliss-reactive ketones (excluding diaryl/α,β-unsaturated/α-hetero) is 1. The van der Waals surface area contributed by atoms with Gasteiger partial charge in [-0.1, -0.05) is 32.0 Å². The van der Waals surface area contributed by atoms with Crippen molar-refractivity contribution in [3.63, 3.8) is 0 Å². The zero-order chi connectivity index (χ0) is 20.8. The zero-order valence-electron chi connectivity index (χ0n) is 17.2. The highest BCUT2D eigenvalue weighted by molar-refractivity contribution is 6.10. The molecule has 3 aliphatic rings. The largest absolute Gasteiger partial charge is 0.378 e. The molecule has 0 N–H and O–H groups in total. The molecule has 1 saturated heterocycles. The van der Waals surface area contributed by atoms with E-state index in [0.29, 0.717) is 61.7 Å². The summed E-state index contributed by atoms with van der Waals surface area (Å²) in [6.07, 6.45) is 1.03. The monoisotopic (exact) mass is 398 g/mol. The molecule has 6 heteroatoms. The molecule has 0 radical (unpaired) electrons. The van der Waals surface area contributed by atoms with Gasteiger partial charge in [-0.05, 0) is 30.4 Å². The number of halogens is 1. The molecule has 2 heterocycles. The van der Waals surface area contributed by atoms with Crippen molar-refractivity contribution in [1.29, 1.82) is 0 Å². The fourth-order valence-corrected chi connectivity index (χ4v) is 4.81. The topological polar surface area (TPSA) is 59.0 Å². The second kappa shape index (κ2) is 7.48. The maximum absolute atomic E-state index is 14.9.